The number of anilines is 3. The van der Waals surface area contributed by atoms with Crippen LogP contribution in [0.1, 0.15) is 26.3 Å². The molecule has 10 heteroatoms. The molecule has 0 unspecified atom stereocenters. The molecule has 3 aromatic heterocycles. The van der Waals surface area contributed by atoms with E-state index in [0.717, 1.165) is 129 Å². The standard InChI is InChI=1S/C72H52BN5O3Si/c1-72(2,3)46-37-38-74-64(39-46)78-56-40-48(33-35-52(56)65-58(78)42-61-68-71(65)81-60-31-17-28-54-67(60)73(68)66-53(27-16-30-59(66)80-61)77(54)47-23-13-8-14-24-47)79-49-34-36-62-57(41-49)76-43-75(55-29-18-32-63(70(55)76)82(62,4)5)69-50(44-19-9-6-10-20-44)25-15-26-51(69)45-21-11-7-12-22-45/h6-42H,1-5H3. The molecule has 0 radical (unpaired) electrons. The molecule has 8 nitrogen and oxygen atoms in total. The maximum atomic E-state index is 7.34. The molecule has 4 aliphatic rings. The average molecular weight is 1070 g/mol. The van der Waals surface area contributed by atoms with Crippen molar-refractivity contribution in [3.63, 3.8) is 0 Å². The third-order valence-electron chi connectivity index (χ3n) is 17.6. The predicted octanol–water partition coefficient (Wildman–Crippen LogP) is 14.3. The van der Waals surface area contributed by atoms with Crippen LogP contribution in [0.3, 0.4) is 0 Å². The molecule has 13 aromatic rings. The number of aromatic nitrogens is 4. The Hall–Kier alpha value is -9.90. The minimum Gasteiger partial charge on any atom is -0.458 e. The molecule has 0 saturated carbocycles. The van der Waals surface area contributed by atoms with Crippen molar-refractivity contribution in [2.45, 2.75) is 39.3 Å². The maximum absolute atomic E-state index is 7.34. The van der Waals surface area contributed by atoms with Crippen molar-refractivity contribution >= 4 is 91.4 Å². The second-order valence-electron chi connectivity index (χ2n) is 23.6. The summed E-state index contributed by atoms with van der Waals surface area (Å²) < 4.78 is 28.5. The van der Waals surface area contributed by atoms with Crippen LogP contribution in [0.25, 0.3) is 72.3 Å². The summed E-state index contributed by atoms with van der Waals surface area (Å²) in [6.07, 6.45) is 5.90. The molecule has 0 atom stereocenters. The maximum Gasteiger partial charge on any atom is 0.269 e. The van der Waals surface area contributed by atoms with Gasteiger partial charge in [0.2, 0.25) is 0 Å². The van der Waals surface area contributed by atoms with Gasteiger partial charge in [-0.2, -0.15) is 0 Å². The van der Waals surface area contributed by atoms with E-state index in [0.29, 0.717) is 5.75 Å². The van der Waals surface area contributed by atoms with E-state index >= 15 is 0 Å². The summed E-state index contributed by atoms with van der Waals surface area (Å²) in [4.78, 5) is 7.48. The minimum absolute atomic E-state index is 0.112. The molecule has 4 aliphatic heterocycles. The Kier molecular flexibility index (Phi) is 9.77. The van der Waals surface area contributed by atoms with Gasteiger partial charge in [0.1, 0.15) is 48.4 Å². The normalized spacial score (nSPS) is 13.9. The molecule has 390 valence electrons. The highest BCUT2D eigenvalue weighted by molar-refractivity contribution is 7.03. The lowest BCUT2D eigenvalue weighted by atomic mass is 9.33. The third-order valence-corrected chi connectivity index (χ3v) is 21.1. The van der Waals surface area contributed by atoms with Crippen molar-refractivity contribution in [3.8, 4) is 73.9 Å². The van der Waals surface area contributed by atoms with Crippen molar-refractivity contribution in [2.75, 3.05) is 4.90 Å². The van der Waals surface area contributed by atoms with Crippen LogP contribution in [0.5, 0.6) is 34.5 Å². The molecule has 7 heterocycles. The van der Waals surface area contributed by atoms with E-state index in [1.165, 1.54) is 21.5 Å². The van der Waals surface area contributed by atoms with E-state index < -0.39 is 8.07 Å². The number of benzene rings is 10. The summed E-state index contributed by atoms with van der Waals surface area (Å²) in [5.41, 5.74) is 18.6. The molecule has 0 fully saturated rings. The second kappa shape index (κ2) is 17.1. The number of imidazole rings is 1. The van der Waals surface area contributed by atoms with Gasteiger partial charge in [0, 0.05) is 46.2 Å². The van der Waals surface area contributed by atoms with Gasteiger partial charge in [0.15, 0.2) is 0 Å². The number of hydrogen-bond donors (Lipinski definition) is 0. The molecule has 0 N–H and O–H groups in total. The highest BCUT2D eigenvalue weighted by Gasteiger charge is 2.48. The highest BCUT2D eigenvalue weighted by atomic mass is 28.3. The van der Waals surface area contributed by atoms with Crippen molar-refractivity contribution < 1.29 is 18.8 Å². The van der Waals surface area contributed by atoms with Gasteiger partial charge >= 0.3 is 0 Å². The highest BCUT2D eigenvalue weighted by Crippen LogP contribution is 2.50. The fraction of sp³-hybridized carbons (Fsp3) is 0.0833. The Morgan fingerprint density at radius 2 is 1.21 bits per heavy atom. The van der Waals surface area contributed by atoms with Crippen LogP contribution in [0.15, 0.2) is 225 Å². The first-order valence-corrected chi connectivity index (χ1v) is 31.2. The molecule has 17 rings (SSSR count). The van der Waals surface area contributed by atoms with Crippen LogP contribution in [0.4, 0.5) is 17.1 Å². The Balaban J connectivity index is 0.841. The lowest BCUT2D eigenvalue weighted by Gasteiger charge is -2.42. The van der Waals surface area contributed by atoms with Gasteiger partial charge in [0.25, 0.3) is 13.0 Å². The van der Waals surface area contributed by atoms with Gasteiger partial charge in [-0.25, -0.2) is 4.98 Å². The van der Waals surface area contributed by atoms with E-state index in [1.54, 1.807) is 0 Å². The first-order chi connectivity index (χ1) is 40.1. The molecular formula is C72H52BN5O3Si. The van der Waals surface area contributed by atoms with Crippen LogP contribution >= 0.6 is 0 Å². The second-order valence-corrected chi connectivity index (χ2v) is 28.0. The Labute approximate surface area is 476 Å². The van der Waals surface area contributed by atoms with Crippen molar-refractivity contribution in [1.82, 2.24) is 14.1 Å². The van der Waals surface area contributed by atoms with E-state index in [2.05, 4.69) is 277 Å². The number of hydrogen-bond acceptors (Lipinski definition) is 5. The van der Waals surface area contributed by atoms with Crippen LogP contribution in [-0.2, 0) is 5.41 Å². The van der Waals surface area contributed by atoms with Gasteiger partial charge in [0.05, 0.1) is 38.8 Å². The number of nitrogens with zero attached hydrogens (tertiary/aromatic N) is 5. The first kappa shape index (κ1) is 47.0. The van der Waals surface area contributed by atoms with Crippen LogP contribution < -0.4 is 50.4 Å². The lowest BCUT2D eigenvalue weighted by molar-refractivity contribution is -0.571. The summed E-state index contributed by atoms with van der Waals surface area (Å²) in [5, 5.41) is 4.73. The summed E-state index contributed by atoms with van der Waals surface area (Å²) in [6, 6.07) is 78.0. The zero-order valence-electron chi connectivity index (χ0n) is 45.9. The smallest absolute Gasteiger partial charge is 0.269 e. The van der Waals surface area contributed by atoms with E-state index in [1.807, 2.05) is 6.20 Å². The minimum atomic E-state index is -2.27. The summed E-state index contributed by atoms with van der Waals surface area (Å²) in [6.45, 7) is 11.6. The molecule has 0 amide bonds. The Bertz CT molecular complexity index is 4800. The predicted molar refractivity (Wildman–Crippen MR) is 335 cm³/mol. The zero-order chi connectivity index (χ0) is 54.8. The first-order valence-electron chi connectivity index (χ1n) is 28.2. The number of ether oxygens (including phenoxy) is 3. The zero-order valence-corrected chi connectivity index (χ0v) is 46.9. The summed E-state index contributed by atoms with van der Waals surface area (Å²) >= 11 is 0. The van der Waals surface area contributed by atoms with E-state index in [4.69, 9.17) is 19.2 Å². The van der Waals surface area contributed by atoms with Crippen LogP contribution in [0.2, 0.25) is 13.1 Å². The monoisotopic (exact) mass is 1070 g/mol. The number of fused-ring (bicyclic) bond motifs is 6. The van der Waals surface area contributed by atoms with Crippen LogP contribution in [0, 0.1) is 6.33 Å². The fourth-order valence-electron chi connectivity index (χ4n) is 13.8. The van der Waals surface area contributed by atoms with Gasteiger partial charge in [-0.1, -0.05) is 167 Å². The van der Waals surface area contributed by atoms with Gasteiger partial charge in [-0.05, 0) is 127 Å². The molecule has 0 spiro atoms. The van der Waals surface area contributed by atoms with Gasteiger partial charge in [-0.3, -0.25) is 13.7 Å². The molecule has 10 aromatic carbocycles. The molecule has 0 saturated heterocycles. The Morgan fingerprint density at radius 3 is 1.91 bits per heavy atom. The van der Waals surface area contributed by atoms with E-state index in [-0.39, 0.29) is 12.1 Å². The quantitative estimate of drug-likeness (QED) is 0.0904. The fourth-order valence-corrected chi connectivity index (χ4v) is 16.8. The van der Waals surface area contributed by atoms with Crippen molar-refractivity contribution in [1.29, 1.82) is 0 Å². The largest absolute Gasteiger partial charge is 0.458 e. The number of para-hydroxylation sites is 3. The summed E-state index contributed by atoms with van der Waals surface area (Å²) in [7, 11) is -2.27. The average Bonchev–Trinajstić information content (AvgIpc) is 1.98. The van der Waals surface area contributed by atoms with Gasteiger partial charge < -0.3 is 19.1 Å². The molecule has 0 aliphatic carbocycles. The third kappa shape index (κ3) is 6.67. The summed E-state index contributed by atoms with van der Waals surface area (Å²) in [5.74, 6) is 5.50. The molecule has 82 heavy (non-hydrogen) atoms. The molecule has 0 bridgehead atoms. The van der Waals surface area contributed by atoms with Crippen molar-refractivity contribution in [3.05, 3.63) is 236 Å². The number of rotatable bonds is 7. The SMILES string of the molecule is CC(C)(C)c1ccnc(-n2c3cc(Oc4ccc5c(c4)-n4[c-][n+](-c6c(-c7ccccc7)cccc6-c6ccccc6)c6cccc(c64)[Si]5(C)C)ccc3c3c4c5c(cc32)Oc2cccc3c2B5c2c(cccc2N3c2ccccc2)O4)c1. The topological polar surface area (TPSA) is 57.6 Å². The lowest BCUT2D eigenvalue weighted by Crippen LogP contribution is -2.61. The van der Waals surface area contributed by atoms with Crippen LogP contribution in [-0.4, -0.2) is 28.9 Å². The molecular weight excluding hydrogens is 1020 g/mol. The number of pyridine rings is 1. The van der Waals surface area contributed by atoms with E-state index in [9.17, 15) is 0 Å². The Morgan fingerprint density at radius 1 is 0.561 bits per heavy atom. The van der Waals surface area contributed by atoms with Crippen molar-refractivity contribution in [2.24, 2.45) is 0 Å². The van der Waals surface area contributed by atoms with Gasteiger partial charge in [-0.15, -0.1) is 0 Å².